The van der Waals surface area contributed by atoms with Gasteiger partial charge in [-0.3, -0.25) is 4.90 Å². The van der Waals surface area contributed by atoms with E-state index in [2.05, 4.69) is 25.7 Å². The van der Waals surface area contributed by atoms with E-state index in [4.69, 9.17) is 4.74 Å². The maximum Gasteiger partial charge on any atom is 0.362 e. The molecule has 0 amide bonds. The van der Waals surface area contributed by atoms with Gasteiger partial charge in [-0.05, 0) is 30.6 Å². The fourth-order valence-electron chi connectivity index (χ4n) is 4.70. The van der Waals surface area contributed by atoms with Gasteiger partial charge in [0.15, 0.2) is 6.54 Å². The van der Waals surface area contributed by atoms with Gasteiger partial charge in [0.2, 0.25) is 0 Å². The van der Waals surface area contributed by atoms with Gasteiger partial charge >= 0.3 is 5.97 Å². The number of esters is 1. The lowest BCUT2D eigenvalue weighted by atomic mass is 9.75. The molecule has 4 heteroatoms. The van der Waals surface area contributed by atoms with Crippen LogP contribution in [-0.2, 0) is 9.53 Å². The minimum atomic E-state index is 0.0556. The maximum atomic E-state index is 12.6. The van der Waals surface area contributed by atoms with Crippen molar-refractivity contribution < 1.29 is 14.0 Å². The van der Waals surface area contributed by atoms with Gasteiger partial charge in [0.25, 0.3) is 0 Å². The molecule has 1 aliphatic carbocycles. The highest BCUT2D eigenvalue weighted by molar-refractivity contribution is 5.70. The monoisotopic (exact) mass is 309 g/mol. The van der Waals surface area contributed by atoms with E-state index in [0.29, 0.717) is 24.3 Å². The first-order valence-electron chi connectivity index (χ1n) is 9.24. The second kappa shape index (κ2) is 6.48. The predicted octanol–water partition coefficient (Wildman–Crippen LogP) is 2.14. The summed E-state index contributed by atoms with van der Waals surface area (Å²) < 4.78 is 6.99. The Kier molecular flexibility index (Phi) is 4.79. The van der Waals surface area contributed by atoms with Crippen LogP contribution in [0.1, 0.15) is 40.0 Å². The second-order valence-electron chi connectivity index (χ2n) is 8.37. The molecule has 0 unspecified atom stereocenters. The molecule has 22 heavy (non-hydrogen) atoms. The SMILES string of the molecule is CC(C)[C@H]1CC[C@@H](C)C[C@H]1OC(=O)C[N+]12CCN(CC1)CC2. The maximum absolute atomic E-state index is 12.6. The van der Waals surface area contributed by atoms with Crippen LogP contribution in [0, 0.1) is 17.8 Å². The van der Waals surface area contributed by atoms with Crippen molar-refractivity contribution in [3.63, 3.8) is 0 Å². The molecule has 126 valence electrons. The zero-order chi connectivity index (χ0) is 15.7. The topological polar surface area (TPSA) is 29.5 Å². The van der Waals surface area contributed by atoms with E-state index in [9.17, 15) is 4.79 Å². The molecule has 0 radical (unpaired) electrons. The van der Waals surface area contributed by atoms with Crippen molar-refractivity contribution >= 4 is 5.97 Å². The molecule has 3 atom stereocenters. The van der Waals surface area contributed by atoms with E-state index in [1.807, 2.05) is 0 Å². The lowest BCUT2D eigenvalue weighted by molar-refractivity contribution is -0.934. The average Bonchev–Trinajstić information content (AvgIpc) is 2.48. The molecular formula is C18H33N2O2+. The number of carbonyl (C=O) groups excluding carboxylic acids is 1. The number of rotatable bonds is 4. The van der Waals surface area contributed by atoms with Crippen molar-refractivity contribution in [1.29, 1.82) is 0 Å². The number of hydrogen-bond acceptors (Lipinski definition) is 3. The number of ether oxygens (including phenoxy) is 1. The first-order valence-corrected chi connectivity index (χ1v) is 9.24. The van der Waals surface area contributed by atoms with Gasteiger partial charge in [-0.25, -0.2) is 4.79 Å². The zero-order valence-electron chi connectivity index (χ0n) is 14.6. The van der Waals surface area contributed by atoms with Crippen LogP contribution < -0.4 is 0 Å². The predicted molar refractivity (Wildman–Crippen MR) is 87.4 cm³/mol. The summed E-state index contributed by atoms with van der Waals surface area (Å²) in [7, 11) is 0. The first-order chi connectivity index (χ1) is 10.5. The Morgan fingerprint density at radius 3 is 2.41 bits per heavy atom. The van der Waals surface area contributed by atoms with Crippen molar-refractivity contribution in [2.24, 2.45) is 17.8 Å². The third-order valence-corrected chi connectivity index (χ3v) is 6.38. The molecule has 2 bridgehead atoms. The van der Waals surface area contributed by atoms with Crippen LogP contribution >= 0.6 is 0 Å². The lowest BCUT2D eigenvalue weighted by Gasteiger charge is -2.50. The van der Waals surface area contributed by atoms with Crippen LogP contribution in [0.15, 0.2) is 0 Å². The minimum Gasteiger partial charge on any atom is -0.458 e. The summed E-state index contributed by atoms with van der Waals surface area (Å²) in [5.74, 6) is 1.91. The van der Waals surface area contributed by atoms with Crippen molar-refractivity contribution in [2.75, 3.05) is 45.8 Å². The van der Waals surface area contributed by atoms with Gasteiger partial charge in [0, 0.05) is 19.6 Å². The molecule has 4 rings (SSSR count). The molecule has 0 N–H and O–H groups in total. The molecule has 0 spiro atoms. The Bertz CT molecular complexity index is 388. The summed E-state index contributed by atoms with van der Waals surface area (Å²) in [6.07, 6.45) is 3.71. The van der Waals surface area contributed by atoms with Crippen molar-refractivity contribution in [3.05, 3.63) is 0 Å². The van der Waals surface area contributed by atoms with E-state index in [0.717, 1.165) is 50.2 Å². The molecule has 3 saturated heterocycles. The van der Waals surface area contributed by atoms with Crippen LogP contribution in [-0.4, -0.2) is 67.3 Å². The van der Waals surface area contributed by atoms with E-state index in [1.54, 1.807) is 0 Å². The highest BCUT2D eigenvalue weighted by Gasteiger charge is 2.41. The summed E-state index contributed by atoms with van der Waals surface area (Å²) in [5.41, 5.74) is 0. The lowest BCUT2D eigenvalue weighted by Crippen LogP contribution is -2.68. The van der Waals surface area contributed by atoms with Gasteiger partial charge in [-0.2, -0.15) is 0 Å². The standard InChI is InChI=1S/C18H33N2O2/c1-14(2)16-5-4-15(3)12-17(16)22-18(21)13-20-9-6-19(7-10-20)8-11-20/h14-17H,4-13H2,1-3H3/q+1/t15-,16-,17-/m1/s1. The summed E-state index contributed by atoms with van der Waals surface area (Å²) in [4.78, 5) is 15.1. The highest BCUT2D eigenvalue weighted by Crippen LogP contribution is 2.35. The summed E-state index contributed by atoms with van der Waals surface area (Å²) in [6.45, 7) is 14.3. The molecule has 4 fully saturated rings. The van der Waals surface area contributed by atoms with E-state index in [-0.39, 0.29) is 12.1 Å². The van der Waals surface area contributed by atoms with Crippen LogP contribution in [0.4, 0.5) is 0 Å². The molecule has 4 nitrogen and oxygen atoms in total. The third kappa shape index (κ3) is 3.48. The Morgan fingerprint density at radius 2 is 1.82 bits per heavy atom. The number of carbonyl (C=O) groups is 1. The smallest absolute Gasteiger partial charge is 0.362 e. The van der Waals surface area contributed by atoms with Gasteiger partial charge in [0.05, 0.1) is 19.6 Å². The number of hydrogen-bond donors (Lipinski definition) is 0. The summed E-state index contributed by atoms with van der Waals surface area (Å²) >= 11 is 0. The van der Waals surface area contributed by atoms with Crippen LogP contribution in [0.5, 0.6) is 0 Å². The molecule has 3 aliphatic heterocycles. The molecule has 1 saturated carbocycles. The molecule has 0 aromatic heterocycles. The van der Waals surface area contributed by atoms with Crippen molar-refractivity contribution in [3.8, 4) is 0 Å². The van der Waals surface area contributed by atoms with E-state index in [1.165, 1.54) is 12.8 Å². The summed E-state index contributed by atoms with van der Waals surface area (Å²) in [5, 5.41) is 0. The Balaban J connectivity index is 1.57. The van der Waals surface area contributed by atoms with Crippen molar-refractivity contribution in [2.45, 2.75) is 46.1 Å². The van der Waals surface area contributed by atoms with Gasteiger partial charge in [0.1, 0.15) is 6.10 Å². The number of piperazine rings is 3. The van der Waals surface area contributed by atoms with Gasteiger partial charge in [-0.15, -0.1) is 0 Å². The molecule has 0 aromatic rings. The highest BCUT2D eigenvalue weighted by atomic mass is 16.5. The van der Waals surface area contributed by atoms with Crippen LogP contribution in [0.2, 0.25) is 0 Å². The summed E-state index contributed by atoms with van der Waals surface area (Å²) in [6, 6.07) is 0. The minimum absolute atomic E-state index is 0.0556. The Hall–Kier alpha value is -0.610. The fraction of sp³-hybridized carbons (Fsp3) is 0.944. The average molecular weight is 309 g/mol. The second-order valence-corrected chi connectivity index (χ2v) is 8.37. The van der Waals surface area contributed by atoms with E-state index < -0.39 is 0 Å². The molecular weight excluding hydrogens is 276 g/mol. The number of quaternary nitrogens is 1. The molecule has 0 aromatic carbocycles. The zero-order valence-corrected chi connectivity index (χ0v) is 14.6. The van der Waals surface area contributed by atoms with Gasteiger partial charge in [-0.1, -0.05) is 27.2 Å². The van der Waals surface area contributed by atoms with Gasteiger partial charge < -0.3 is 9.22 Å². The largest absolute Gasteiger partial charge is 0.458 e. The molecule has 3 heterocycles. The van der Waals surface area contributed by atoms with Crippen LogP contribution in [0.25, 0.3) is 0 Å². The Morgan fingerprint density at radius 1 is 1.18 bits per heavy atom. The fourth-order valence-corrected chi connectivity index (χ4v) is 4.70. The Labute approximate surface area is 135 Å². The van der Waals surface area contributed by atoms with Crippen LogP contribution in [0.3, 0.4) is 0 Å². The molecule has 4 aliphatic rings. The van der Waals surface area contributed by atoms with Crippen molar-refractivity contribution in [1.82, 2.24) is 4.90 Å². The van der Waals surface area contributed by atoms with E-state index >= 15 is 0 Å². The quantitative estimate of drug-likeness (QED) is 0.588. The normalized spacial score (nSPS) is 41.6. The third-order valence-electron chi connectivity index (χ3n) is 6.38. The number of nitrogens with zero attached hydrogens (tertiary/aromatic N) is 2. The first kappa shape index (κ1) is 16.3. The number of fused-ring (bicyclic) bond motifs is 3.